The third-order valence-electron chi connectivity index (χ3n) is 2.87. The summed E-state index contributed by atoms with van der Waals surface area (Å²) in [7, 11) is 0. The van der Waals surface area contributed by atoms with Crippen molar-refractivity contribution in [3.05, 3.63) is 78.7 Å². The van der Waals surface area contributed by atoms with Crippen LogP contribution in [0.15, 0.2) is 78.0 Å². The van der Waals surface area contributed by atoms with E-state index in [9.17, 15) is 0 Å². The van der Waals surface area contributed by atoms with Gasteiger partial charge in [-0.2, -0.15) is 0 Å². The molecule has 2 nitrogen and oxygen atoms in total. The van der Waals surface area contributed by atoms with Crippen molar-refractivity contribution >= 4 is 5.71 Å². The lowest BCUT2D eigenvalue weighted by atomic mass is 10.1. The van der Waals surface area contributed by atoms with Gasteiger partial charge < -0.3 is 0 Å². The molecule has 0 N–H and O–H groups in total. The molecule has 0 atom stereocenters. The molecule has 110 valence electrons. The van der Waals surface area contributed by atoms with Crippen LogP contribution in [-0.4, -0.2) is 17.2 Å². The highest BCUT2D eigenvalue weighted by Gasteiger charge is 1.90. The summed E-state index contributed by atoms with van der Waals surface area (Å²) in [6, 6.07) is 5.97. The molecule has 0 saturated carbocycles. The predicted molar refractivity (Wildman–Crippen MR) is 92.8 cm³/mol. The zero-order valence-electron chi connectivity index (χ0n) is 13.0. The molecule has 0 aliphatic rings. The van der Waals surface area contributed by atoms with Crippen LogP contribution in [0.4, 0.5) is 0 Å². The molecular formula is C19H24N2. The van der Waals surface area contributed by atoms with Crippen LogP contribution < -0.4 is 0 Å². The fraction of sp³-hybridized carbons (Fsp3) is 0.263. The van der Waals surface area contributed by atoms with Crippen molar-refractivity contribution in [1.29, 1.82) is 0 Å². The Balaban J connectivity index is 2.56. The molecule has 1 aromatic heterocycles. The molecule has 1 aromatic rings. The van der Waals surface area contributed by atoms with Crippen molar-refractivity contribution in [2.24, 2.45) is 4.99 Å². The number of nitrogens with zero attached hydrogens (tertiary/aromatic N) is 2. The summed E-state index contributed by atoms with van der Waals surface area (Å²) >= 11 is 0. The minimum Gasteiger partial charge on any atom is -0.281 e. The van der Waals surface area contributed by atoms with Crippen molar-refractivity contribution in [2.75, 3.05) is 6.54 Å². The summed E-state index contributed by atoms with van der Waals surface area (Å²) in [5, 5.41) is 0. The maximum atomic E-state index is 4.46. The zero-order chi connectivity index (χ0) is 15.3. The van der Waals surface area contributed by atoms with E-state index < -0.39 is 0 Å². The molecule has 0 aliphatic heterocycles. The normalized spacial score (nSPS) is 13.2. The van der Waals surface area contributed by atoms with E-state index in [1.54, 1.807) is 6.08 Å². The van der Waals surface area contributed by atoms with E-state index in [0.717, 1.165) is 24.2 Å². The molecule has 0 fully saturated rings. The van der Waals surface area contributed by atoms with Gasteiger partial charge in [-0.15, -0.1) is 0 Å². The van der Waals surface area contributed by atoms with Gasteiger partial charge in [-0.3, -0.25) is 9.98 Å². The first kappa shape index (κ1) is 16.8. The van der Waals surface area contributed by atoms with E-state index in [0.29, 0.717) is 6.54 Å². The first-order valence-corrected chi connectivity index (χ1v) is 7.33. The molecule has 0 aliphatic carbocycles. The summed E-state index contributed by atoms with van der Waals surface area (Å²) < 4.78 is 0. The van der Waals surface area contributed by atoms with Crippen molar-refractivity contribution in [1.82, 2.24) is 4.98 Å². The van der Waals surface area contributed by atoms with Gasteiger partial charge in [0.15, 0.2) is 0 Å². The average molecular weight is 280 g/mol. The van der Waals surface area contributed by atoms with Crippen LogP contribution in [0.1, 0.15) is 26.0 Å². The molecule has 0 unspecified atom stereocenters. The molecule has 1 heterocycles. The quantitative estimate of drug-likeness (QED) is 0.384. The summed E-state index contributed by atoms with van der Waals surface area (Å²) in [6.45, 7) is 8.70. The van der Waals surface area contributed by atoms with Gasteiger partial charge in [0.2, 0.25) is 0 Å². The molecule has 1 rings (SSSR count). The molecule has 0 saturated heterocycles. The summed E-state index contributed by atoms with van der Waals surface area (Å²) in [4.78, 5) is 8.76. The Morgan fingerprint density at radius 1 is 1.29 bits per heavy atom. The van der Waals surface area contributed by atoms with E-state index in [2.05, 4.69) is 54.7 Å². The largest absolute Gasteiger partial charge is 0.281 e. The molecular weight excluding hydrogens is 256 g/mol. The lowest BCUT2D eigenvalue weighted by Gasteiger charge is -1.96. The van der Waals surface area contributed by atoms with Gasteiger partial charge in [0.05, 0.1) is 12.3 Å². The second-order valence-corrected chi connectivity index (χ2v) is 4.66. The number of allylic oxidation sites excluding steroid dienone is 6. The Hall–Kier alpha value is -2.22. The van der Waals surface area contributed by atoms with E-state index in [-0.39, 0.29) is 0 Å². The number of aliphatic imine (C=N–C) groups is 1. The summed E-state index contributed by atoms with van der Waals surface area (Å²) in [5.41, 5.74) is 3.17. The highest BCUT2D eigenvalue weighted by Crippen LogP contribution is 2.02. The van der Waals surface area contributed by atoms with Crippen LogP contribution in [0, 0.1) is 0 Å². The Labute approximate surface area is 128 Å². The minimum atomic E-state index is 0.705. The van der Waals surface area contributed by atoms with Crippen LogP contribution in [-0.2, 0) is 6.42 Å². The minimum absolute atomic E-state index is 0.705. The van der Waals surface area contributed by atoms with Gasteiger partial charge >= 0.3 is 0 Å². The fourth-order valence-electron chi connectivity index (χ4n) is 1.65. The van der Waals surface area contributed by atoms with Crippen LogP contribution in [0.2, 0.25) is 0 Å². The van der Waals surface area contributed by atoms with Gasteiger partial charge in [-0.25, -0.2) is 0 Å². The van der Waals surface area contributed by atoms with Crippen molar-refractivity contribution in [3.63, 3.8) is 0 Å². The third kappa shape index (κ3) is 7.83. The lowest BCUT2D eigenvalue weighted by molar-refractivity contribution is 1.10. The average Bonchev–Trinajstić information content (AvgIpc) is 2.53. The van der Waals surface area contributed by atoms with Crippen LogP contribution in [0.25, 0.3) is 0 Å². The molecule has 0 amide bonds. The Morgan fingerprint density at radius 2 is 2.14 bits per heavy atom. The topological polar surface area (TPSA) is 25.2 Å². The number of rotatable bonds is 8. The molecule has 0 radical (unpaired) electrons. The molecule has 0 bridgehead atoms. The van der Waals surface area contributed by atoms with E-state index in [4.69, 9.17) is 0 Å². The summed E-state index contributed by atoms with van der Waals surface area (Å²) in [6.07, 6.45) is 15.9. The fourth-order valence-corrected chi connectivity index (χ4v) is 1.65. The third-order valence-corrected chi connectivity index (χ3v) is 2.87. The first-order chi connectivity index (χ1) is 10.3. The SMILES string of the molecule is C=CC(/C=C/C(C)=C\Cc1ccccn1)=NCC=CCC. The van der Waals surface area contributed by atoms with Crippen LogP contribution in [0.3, 0.4) is 0 Å². The van der Waals surface area contributed by atoms with Crippen molar-refractivity contribution in [2.45, 2.75) is 26.7 Å². The summed E-state index contributed by atoms with van der Waals surface area (Å²) in [5.74, 6) is 0. The monoisotopic (exact) mass is 280 g/mol. The Kier molecular flexibility index (Phi) is 8.46. The Morgan fingerprint density at radius 3 is 2.81 bits per heavy atom. The zero-order valence-corrected chi connectivity index (χ0v) is 13.0. The Bertz CT molecular complexity index is 534. The standard InChI is InChI=1S/C19H24N2/c1-4-6-8-15-20-18(5-2)13-11-17(3)12-14-19-10-7-9-16-21-19/h5-13,16H,2,4,14-15H2,1,3H3/b8-6?,13-11+,17-12-,20-18?. The molecule has 21 heavy (non-hydrogen) atoms. The van der Waals surface area contributed by atoms with Gasteiger partial charge in [0.1, 0.15) is 0 Å². The first-order valence-electron chi connectivity index (χ1n) is 7.33. The molecule has 0 spiro atoms. The second kappa shape index (κ2) is 10.6. The smallest absolute Gasteiger partial charge is 0.0577 e. The molecule has 0 aromatic carbocycles. The lowest BCUT2D eigenvalue weighted by Crippen LogP contribution is -1.89. The van der Waals surface area contributed by atoms with E-state index >= 15 is 0 Å². The highest BCUT2D eigenvalue weighted by atomic mass is 14.7. The number of pyridine rings is 1. The second-order valence-electron chi connectivity index (χ2n) is 4.66. The van der Waals surface area contributed by atoms with Crippen molar-refractivity contribution < 1.29 is 0 Å². The maximum Gasteiger partial charge on any atom is 0.0577 e. The van der Waals surface area contributed by atoms with Crippen molar-refractivity contribution in [3.8, 4) is 0 Å². The van der Waals surface area contributed by atoms with Crippen LogP contribution in [0.5, 0.6) is 0 Å². The number of aromatic nitrogens is 1. The number of hydrogen-bond acceptors (Lipinski definition) is 2. The van der Waals surface area contributed by atoms with Gasteiger partial charge in [0.25, 0.3) is 0 Å². The highest BCUT2D eigenvalue weighted by molar-refractivity contribution is 6.03. The molecule has 2 heteroatoms. The van der Waals surface area contributed by atoms with Gasteiger partial charge in [-0.05, 0) is 37.6 Å². The van der Waals surface area contributed by atoms with Gasteiger partial charge in [0, 0.05) is 18.3 Å². The maximum absolute atomic E-state index is 4.46. The van der Waals surface area contributed by atoms with Crippen LogP contribution >= 0.6 is 0 Å². The predicted octanol–water partition coefficient (Wildman–Crippen LogP) is 4.72. The van der Waals surface area contributed by atoms with E-state index in [1.165, 1.54) is 5.57 Å². The van der Waals surface area contributed by atoms with E-state index in [1.807, 2.05) is 30.5 Å². The number of hydrogen-bond donors (Lipinski definition) is 0. The van der Waals surface area contributed by atoms with Gasteiger partial charge in [-0.1, -0.05) is 49.4 Å².